The highest BCUT2D eigenvalue weighted by Crippen LogP contribution is 2.19. The summed E-state index contributed by atoms with van der Waals surface area (Å²) in [5.41, 5.74) is -0.137. The first-order valence-electron chi connectivity index (χ1n) is 5.38. The monoisotopic (exact) mass is 213 g/mol. The maximum absolute atomic E-state index is 11.4. The molecule has 1 heterocycles. The maximum atomic E-state index is 11.4. The van der Waals surface area contributed by atoms with Gasteiger partial charge in [0, 0.05) is 13.1 Å². The van der Waals surface area contributed by atoms with Crippen molar-refractivity contribution < 1.29 is 14.3 Å². The summed E-state index contributed by atoms with van der Waals surface area (Å²) in [6, 6.07) is 0. The van der Waals surface area contributed by atoms with Crippen LogP contribution in [0.25, 0.3) is 0 Å². The fraction of sp³-hybridized carbons (Fsp3) is 0.818. The minimum Gasteiger partial charge on any atom is -0.376 e. The molecule has 0 aromatic rings. The number of rotatable bonds is 1. The molecule has 0 aromatic carbocycles. The van der Waals surface area contributed by atoms with Gasteiger partial charge in [0.1, 0.15) is 0 Å². The summed E-state index contributed by atoms with van der Waals surface area (Å²) in [6.07, 6.45) is 1.79. The number of likely N-dealkylation sites (tertiary alicyclic amines) is 1. The summed E-state index contributed by atoms with van der Waals surface area (Å²) in [4.78, 5) is 24.4. The first-order valence-corrected chi connectivity index (χ1v) is 5.38. The van der Waals surface area contributed by atoms with Crippen LogP contribution in [0.4, 0.5) is 4.79 Å². The van der Waals surface area contributed by atoms with Crippen LogP contribution >= 0.6 is 0 Å². The van der Waals surface area contributed by atoms with Crippen molar-refractivity contribution in [2.75, 3.05) is 13.1 Å². The van der Waals surface area contributed by atoms with Crippen molar-refractivity contribution in [1.29, 1.82) is 0 Å². The van der Waals surface area contributed by atoms with E-state index in [0.717, 1.165) is 12.8 Å². The average molecular weight is 213 g/mol. The Balaban J connectivity index is 2.34. The van der Waals surface area contributed by atoms with Crippen LogP contribution in [0.1, 0.15) is 40.0 Å². The van der Waals surface area contributed by atoms with Gasteiger partial charge in [0.25, 0.3) is 0 Å². The number of nitrogens with zero attached hydrogens (tertiary/aromatic N) is 1. The molecule has 1 amide bonds. The summed E-state index contributed by atoms with van der Waals surface area (Å²) >= 11 is 0. The van der Waals surface area contributed by atoms with E-state index in [2.05, 4.69) is 0 Å². The van der Waals surface area contributed by atoms with Gasteiger partial charge >= 0.3 is 12.1 Å². The van der Waals surface area contributed by atoms with Crippen LogP contribution < -0.4 is 0 Å². The van der Waals surface area contributed by atoms with Gasteiger partial charge in [-0.1, -0.05) is 20.8 Å². The fourth-order valence-corrected chi connectivity index (χ4v) is 1.53. The lowest BCUT2D eigenvalue weighted by Crippen LogP contribution is -2.31. The molecule has 0 bridgehead atoms. The third kappa shape index (κ3) is 4.32. The van der Waals surface area contributed by atoms with Gasteiger partial charge in [0.2, 0.25) is 0 Å². The van der Waals surface area contributed by atoms with E-state index in [1.54, 1.807) is 4.90 Å². The molecule has 1 saturated heterocycles. The van der Waals surface area contributed by atoms with Crippen molar-refractivity contribution in [1.82, 2.24) is 4.90 Å². The number of amides is 1. The van der Waals surface area contributed by atoms with Gasteiger partial charge in [-0.3, -0.25) is 4.79 Å². The molecule has 4 nitrogen and oxygen atoms in total. The van der Waals surface area contributed by atoms with Crippen molar-refractivity contribution in [3.8, 4) is 0 Å². The van der Waals surface area contributed by atoms with E-state index in [1.807, 2.05) is 20.8 Å². The second kappa shape index (κ2) is 4.64. The first-order chi connectivity index (χ1) is 6.88. The fourth-order valence-electron chi connectivity index (χ4n) is 1.53. The van der Waals surface area contributed by atoms with Gasteiger partial charge in [-0.05, 0) is 18.3 Å². The molecule has 4 heteroatoms. The van der Waals surface area contributed by atoms with Gasteiger partial charge < -0.3 is 9.64 Å². The van der Waals surface area contributed by atoms with Crippen LogP contribution in [0.5, 0.6) is 0 Å². The molecular formula is C11H19NO3. The lowest BCUT2D eigenvalue weighted by atomic mass is 9.93. The molecular weight excluding hydrogens is 194 g/mol. The smallest absolute Gasteiger partial charge is 0.376 e. The molecule has 1 fully saturated rings. The summed E-state index contributed by atoms with van der Waals surface area (Å²) in [7, 11) is 0. The Morgan fingerprint density at radius 2 is 1.73 bits per heavy atom. The zero-order chi connectivity index (χ0) is 11.5. The first kappa shape index (κ1) is 12.0. The Kier molecular flexibility index (Phi) is 3.72. The third-order valence-electron chi connectivity index (χ3n) is 2.24. The second-order valence-corrected chi connectivity index (χ2v) is 5.17. The quantitative estimate of drug-likeness (QED) is 0.495. The number of esters is 1. The number of carbonyl (C=O) groups is 2. The van der Waals surface area contributed by atoms with Gasteiger partial charge in [-0.2, -0.15) is 0 Å². The van der Waals surface area contributed by atoms with Crippen LogP contribution in [0.3, 0.4) is 0 Å². The molecule has 1 aliphatic heterocycles. The van der Waals surface area contributed by atoms with E-state index in [4.69, 9.17) is 4.74 Å². The van der Waals surface area contributed by atoms with E-state index in [9.17, 15) is 9.59 Å². The topological polar surface area (TPSA) is 46.6 Å². The second-order valence-electron chi connectivity index (χ2n) is 5.17. The summed E-state index contributed by atoms with van der Waals surface area (Å²) in [5.74, 6) is -0.431. The van der Waals surface area contributed by atoms with Gasteiger partial charge in [-0.25, -0.2) is 4.79 Å². The molecule has 0 aliphatic carbocycles. The SMILES string of the molecule is CC(C)(C)CC(=O)OC(=O)N1CCCC1. The molecule has 15 heavy (non-hydrogen) atoms. The van der Waals surface area contributed by atoms with Crippen LogP contribution in [0, 0.1) is 5.41 Å². The highest BCUT2D eigenvalue weighted by atomic mass is 16.6. The minimum atomic E-state index is -0.484. The van der Waals surface area contributed by atoms with Crippen molar-refractivity contribution in [3.63, 3.8) is 0 Å². The third-order valence-corrected chi connectivity index (χ3v) is 2.24. The highest BCUT2D eigenvalue weighted by molar-refractivity contribution is 5.84. The van der Waals surface area contributed by atoms with Crippen molar-refractivity contribution in [2.24, 2.45) is 5.41 Å². The molecule has 0 spiro atoms. The molecule has 86 valence electrons. The van der Waals surface area contributed by atoms with Gasteiger partial charge in [-0.15, -0.1) is 0 Å². The maximum Gasteiger partial charge on any atom is 0.417 e. The van der Waals surface area contributed by atoms with E-state index < -0.39 is 12.1 Å². The average Bonchev–Trinajstić information content (AvgIpc) is 2.50. The Hall–Kier alpha value is -1.06. The number of carbonyl (C=O) groups excluding carboxylic acids is 2. The van der Waals surface area contributed by atoms with Crippen LogP contribution in [-0.2, 0) is 9.53 Å². The molecule has 0 atom stereocenters. The number of hydrogen-bond acceptors (Lipinski definition) is 3. The summed E-state index contributed by atoms with van der Waals surface area (Å²) in [6.45, 7) is 7.24. The zero-order valence-electron chi connectivity index (χ0n) is 9.71. The lowest BCUT2D eigenvalue weighted by molar-refractivity contribution is -0.140. The Bertz CT molecular complexity index is 249. The van der Waals surface area contributed by atoms with Crippen molar-refractivity contribution in [3.05, 3.63) is 0 Å². The number of ether oxygens (including phenoxy) is 1. The Morgan fingerprint density at radius 3 is 2.20 bits per heavy atom. The van der Waals surface area contributed by atoms with E-state index in [-0.39, 0.29) is 11.8 Å². The Labute approximate surface area is 90.6 Å². The molecule has 0 unspecified atom stereocenters. The lowest BCUT2D eigenvalue weighted by Gasteiger charge is -2.18. The predicted octanol–water partition coefficient (Wildman–Crippen LogP) is 2.18. The van der Waals surface area contributed by atoms with E-state index in [0.29, 0.717) is 13.1 Å². The Morgan fingerprint density at radius 1 is 1.20 bits per heavy atom. The molecule has 0 aromatic heterocycles. The molecule has 0 N–H and O–H groups in total. The normalized spacial score (nSPS) is 16.6. The highest BCUT2D eigenvalue weighted by Gasteiger charge is 2.24. The molecule has 0 radical (unpaired) electrons. The molecule has 1 rings (SSSR count). The van der Waals surface area contributed by atoms with Gasteiger partial charge in [0.05, 0.1) is 6.42 Å². The largest absolute Gasteiger partial charge is 0.417 e. The van der Waals surface area contributed by atoms with Gasteiger partial charge in [0.15, 0.2) is 0 Å². The summed E-state index contributed by atoms with van der Waals surface area (Å²) < 4.78 is 4.76. The summed E-state index contributed by atoms with van der Waals surface area (Å²) in [5, 5.41) is 0. The number of hydrogen-bond donors (Lipinski definition) is 0. The molecule has 0 saturated carbocycles. The predicted molar refractivity (Wildman–Crippen MR) is 56.4 cm³/mol. The van der Waals surface area contributed by atoms with Crippen molar-refractivity contribution in [2.45, 2.75) is 40.0 Å². The standard InChI is InChI=1S/C11H19NO3/c1-11(2,3)8-9(13)15-10(14)12-6-4-5-7-12/h4-8H2,1-3H3. The molecule has 1 aliphatic rings. The van der Waals surface area contributed by atoms with Crippen LogP contribution in [0.15, 0.2) is 0 Å². The van der Waals surface area contributed by atoms with Crippen LogP contribution in [0.2, 0.25) is 0 Å². The minimum absolute atomic E-state index is 0.137. The van der Waals surface area contributed by atoms with Crippen molar-refractivity contribution >= 4 is 12.1 Å². The zero-order valence-corrected chi connectivity index (χ0v) is 9.71. The van der Waals surface area contributed by atoms with E-state index >= 15 is 0 Å². The van der Waals surface area contributed by atoms with Crippen LogP contribution in [-0.4, -0.2) is 30.1 Å². The van der Waals surface area contributed by atoms with E-state index in [1.165, 1.54) is 0 Å².